The molecular formula is C15H20O5. The SMILES string of the molecule is COC(=O)/C=C(\O)C(C)C(O)COCc1ccccc1. The van der Waals surface area contributed by atoms with Gasteiger partial charge in [0.2, 0.25) is 0 Å². The van der Waals surface area contributed by atoms with E-state index in [0.717, 1.165) is 11.6 Å². The second kappa shape index (κ2) is 8.35. The molecule has 0 aromatic heterocycles. The van der Waals surface area contributed by atoms with E-state index in [-0.39, 0.29) is 12.4 Å². The van der Waals surface area contributed by atoms with Gasteiger partial charge in [0.15, 0.2) is 0 Å². The number of esters is 1. The van der Waals surface area contributed by atoms with E-state index in [2.05, 4.69) is 4.74 Å². The smallest absolute Gasteiger partial charge is 0.333 e. The zero-order valence-electron chi connectivity index (χ0n) is 11.7. The molecule has 0 radical (unpaired) electrons. The molecule has 2 unspecified atom stereocenters. The third kappa shape index (κ3) is 5.42. The van der Waals surface area contributed by atoms with Gasteiger partial charge < -0.3 is 19.7 Å². The summed E-state index contributed by atoms with van der Waals surface area (Å²) in [5.41, 5.74) is 1.00. The van der Waals surface area contributed by atoms with Crippen LogP contribution in [0.15, 0.2) is 42.2 Å². The summed E-state index contributed by atoms with van der Waals surface area (Å²) in [5, 5.41) is 19.5. The molecule has 2 N–H and O–H groups in total. The van der Waals surface area contributed by atoms with Gasteiger partial charge in [0.1, 0.15) is 5.76 Å². The fraction of sp³-hybridized carbons (Fsp3) is 0.400. The summed E-state index contributed by atoms with van der Waals surface area (Å²) in [4.78, 5) is 11.0. The van der Waals surface area contributed by atoms with Crippen LogP contribution in [0, 0.1) is 5.92 Å². The molecule has 0 aliphatic carbocycles. The maximum atomic E-state index is 11.0. The lowest BCUT2D eigenvalue weighted by atomic mass is 10.0. The maximum Gasteiger partial charge on any atom is 0.333 e. The Morgan fingerprint density at radius 2 is 2.00 bits per heavy atom. The topological polar surface area (TPSA) is 76.0 Å². The van der Waals surface area contributed by atoms with E-state index >= 15 is 0 Å². The Hall–Kier alpha value is -1.85. The average molecular weight is 280 g/mol. The van der Waals surface area contributed by atoms with Crippen LogP contribution in [0.4, 0.5) is 0 Å². The first-order valence-corrected chi connectivity index (χ1v) is 6.32. The molecule has 0 saturated carbocycles. The number of methoxy groups -OCH3 is 1. The molecule has 0 saturated heterocycles. The summed E-state index contributed by atoms with van der Waals surface area (Å²) in [6.07, 6.45) is 0.0464. The minimum absolute atomic E-state index is 0.0646. The van der Waals surface area contributed by atoms with Crippen molar-refractivity contribution < 1.29 is 24.5 Å². The van der Waals surface area contributed by atoms with Gasteiger partial charge in [-0.2, -0.15) is 0 Å². The zero-order chi connectivity index (χ0) is 15.0. The van der Waals surface area contributed by atoms with Crippen molar-refractivity contribution in [3.05, 3.63) is 47.7 Å². The van der Waals surface area contributed by atoms with Crippen LogP contribution in [0.25, 0.3) is 0 Å². The Labute approximate surface area is 118 Å². The van der Waals surface area contributed by atoms with Crippen molar-refractivity contribution in [2.24, 2.45) is 5.92 Å². The lowest BCUT2D eigenvalue weighted by Gasteiger charge is -2.18. The first-order chi connectivity index (χ1) is 9.54. The molecule has 1 aromatic carbocycles. The van der Waals surface area contributed by atoms with Gasteiger partial charge in [0.05, 0.1) is 32.5 Å². The van der Waals surface area contributed by atoms with E-state index in [0.29, 0.717) is 6.61 Å². The summed E-state index contributed by atoms with van der Waals surface area (Å²) >= 11 is 0. The molecule has 0 aliphatic rings. The van der Waals surface area contributed by atoms with Crippen molar-refractivity contribution in [3.8, 4) is 0 Å². The lowest BCUT2D eigenvalue weighted by Crippen LogP contribution is -2.25. The average Bonchev–Trinajstić information content (AvgIpc) is 2.47. The minimum atomic E-state index is -0.903. The van der Waals surface area contributed by atoms with E-state index in [9.17, 15) is 15.0 Å². The molecule has 1 rings (SSSR count). The minimum Gasteiger partial charge on any atom is -0.512 e. The van der Waals surface area contributed by atoms with Crippen LogP contribution in [0.2, 0.25) is 0 Å². The van der Waals surface area contributed by atoms with Gasteiger partial charge in [-0.3, -0.25) is 0 Å². The summed E-state index contributed by atoms with van der Waals surface area (Å²) < 4.78 is 9.78. The molecule has 5 heteroatoms. The van der Waals surface area contributed by atoms with Crippen LogP contribution in [0.5, 0.6) is 0 Å². The third-order valence-corrected chi connectivity index (χ3v) is 2.91. The standard InChI is InChI=1S/C15H20O5/c1-11(13(16)8-15(18)19-2)14(17)10-20-9-12-6-4-3-5-7-12/h3-8,11,14,16-17H,9-10H2,1-2H3/b13-8-. The van der Waals surface area contributed by atoms with Crippen LogP contribution >= 0.6 is 0 Å². The van der Waals surface area contributed by atoms with Crippen molar-refractivity contribution in [1.82, 2.24) is 0 Å². The predicted molar refractivity (Wildman–Crippen MR) is 74.0 cm³/mol. The highest BCUT2D eigenvalue weighted by molar-refractivity contribution is 5.82. The summed E-state index contributed by atoms with van der Waals surface area (Å²) in [6.45, 7) is 2.05. The normalized spacial score (nSPS) is 14.7. The highest BCUT2D eigenvalue weighted by Crippen LogP contribution is 2.13. The highest BCUT2D eigenvalue weighted by Gasteiger charge is 2.19. The van der Waals surface area contributed by atoms with Crippen LogP contribution in [-0.4, -0.2) is 36.0 Å². The number of hydrogen-bond donors (Lipinski definition) is 2. The number of aliphatic hydroxyl groups is 2. The number of benzene rings is 1. The van der Waals surface area contributed by atoms with Crippen molar-refractivity contribution in [2.45, 2.75) is 19.6 Å². The Morgan fingerprint density at radius 3 is 2.60 bits per heavy atom. The van der Waals surface area contributed by atoms with Gasteiger partial charge in [-0.15, -0.1) is 0 Å². The Bertz CT molecular complexity index is 441. The van der Waals surface area contributed by atoms with Gasteiger partial charge in [-0.05, 0) is 5.56 Å². The molecule has 5 nitrogen and oxygen atoms in total. The summed E-state index contributed by atoms with van der Waals surface area (Å²) in [7, 11) is 1.22. The molecule has 0 bridgehead atoms. The molecule has 0 spiro atoms. The number of rotatable bonds is 7. The van der Waals surface area contributed by atoms with Gasteiger partial charge in [0, 0.05) is 5.92 Å². The lowest BCUT2D eigenvalue weighted by molar-refractivity contribution is -0.135. The van der Waals surface area contributed by atoms with Gasteiger partial charge in [0.25, 0.3) is 0 Å². The van der Waals surface area contributed by atoms with Crippen molar-refractivity contribution in [2.75, 3.05) is 13.7 Å². The largest absolute Gasteiger partial charge is 0.512 e. The van der Waals surface area contributed by atoms with E-state index in [1.165, 1.54) is 7.11 Å². The molecule has 0 fully saturated rings. The Kier molecular flexibility index (Phi) is 6.76. The number of carbonyl (C=O) groups is 1. The fourth-order valence-electron chi connectivity index (χ4n) is 1.52. The number of aliphatic hydroxyl groups excluding tert-OH is 2. The molecule has 1 aromatic rings. The molecular weight excluding hydrogens is 260 g/mol. The van der Waals surface area contributed by atoms with E-state index in [1.54, 1.807) is 6.92 Å². The van der Waals surface area contributed by atoms with Crippen LogP contribution < -0.4 is 0 Å². The maximum absolute atomic E-state index is 11.0. The second-order valence-electron chi connectivity index (χ2n) is 4.45. The number of carbonyl (C=O) groups excluding carboxylic acids is 1. The van der Waals surface area contributed by atoms with Gasteiger partial charge >= 0.3 is 5.97 Å². The molecule has 0 aliphatic heterocycles. The third-order valence-electron chi connectivity index (χ3n) is 2.91. The van der Waals surface area contributed by atoms with Gasteiger partial charge in [-0.25, -0.2) is 4.79 Å². The monoisotopic (exact) mass is 280 g/mol. The number of hydrogen-bond acceptors (Lipinski definition) is 5. The Morgan fingerprint density at radius 1 is 1.35 bits per heavy atom. The highest BCUT2D eigenvalue weighted by atomic mass is 16.5. The van der Waals surface area contributed by atoms with Gasteiger partial charge in [-0.1, -0.05) is 37.3 Å². The fourth-order valence-corrected chi connectivity index (χ4v) is 1.52. The van der Waals surface area contributed by atoms with Crippen LogP contribution in [0.3, 0.4) is 0 Å². The van der Waals surface area contributed by atoms with Crippen molar-refractivity contribution in [1.29, 1.82) is 0 Å². The zero-order valence-corrected chi connectivity index (χ0v) is 11.7. The van der Waals surface area contributed by atoms with Crippen LogP contribution in [0.1, 0.15) is 12.5 Å². The Balaban J connectivity index is 2.40. The molecule has 0 amide bonds. The van der Waals surface area contributed by atoms with E-state index in [1.807, 2.05) is 30.3 Å². The molecule has 0 heterocycles. The first-order valence-electron chi connectivity index (χ1n) is 6.32. The van der Waals surface area contributed by atoms with E-state index in [4.69, 9.17) is 4.74 Å². The molecule has 110 valence electrons. The van der Waals surface area contributed by atoms with Crippen molar-refractivity contribution in [3.63, 3.8) is 0 Å². The second-order valence-corrected chi connectivity index (χ2v) is 4.45. The summed E-state index contributed by atoms with van der Waals surface area (Å²) in [5.74, 6) is -1.50. The van der Waals surface area contributed by atoms with E-state index < -0.39 is 18.0 Å². The number of ether oxygens (including phenoxy) is 2. The predicted octanol–water partition coefficient (Wildman–Crippen LogP) is 1.82. The summed E-state index contributed by atoms with van der Waals surface area (Å²) in [6, 6.07) is 9.57. The quantitative estimate of drug-likeness (QED) is 0.452. The van der Waals surface area contributed by atoms with Crippen molar-refractivity contribution >= 4 is 5.97 Å². The first kappa shape index (κ1) is 16.2. The molecule has 2 atom stereocenters. The van der Waals surface area contributed by atoms with Crippen LogP contribution in [-0.2, 0) is 20.9 Å². The molecule has 20 heavy (non-hydrogen) atoms.